The summed E-state index contributed by atoms with van der Waals surface area (Å²) in [5.41, 5.74) is 10.7. The van der Waals surface area contributed by atoms with E-state index in [1.807, 2.05) is 6.20 Å². The summed E-state index contributed by atoms with van der Waals surface area (Å²) in [6.07, 6.45) is 9.27. The molecule has 140 valence electrons. The summed E-state index contributed by atoms with van der Waals surface area (Å²) in [5, 5.41) is 0. The summed E-state index contributed by atoms with van der Waals surface area (Å²) in [6.45, 7) is 0. The van der Waals surface area contributed by atoms with Gasteiger partial charge in [-0.05, 0) is 66.6 Å². The van der Waals surface area contributed by atoms with E-state index >= 15 is 0 Å². The number of nitrogens with two attached hydrogens (primary N) is 1. The first-order chi connectivity index (χ1) is 13.2. The number of nitrogens with one attached hydrogen (secondary N) is 1. The molecule has 1 aliphatic rings. The third kappa shape index (κ3) is 4.28. The van der Waals surface area contributed by atoms with Crippen LogP contribution in [0.4, 0.5) is 4.39 Å². The molecule has 4 heteroatoms. The Kier molecular flexibility index (Phi) is 5.35. The van der Waals surface area contributed by atoms with Crippen LogP contribution in [0.15, 0.2) is 54.7 Å². The van der Waals surface area contributed by atoms with E-state index in [9.17, 15) is 4.39 Å². The molecule has 0 bridgehead atoms. The van der Waals surface area contributed by atoms with E-state index in [2.05, 4.69) is 34.2 Å². The maximum absolute atomic E-state index is 13.1. The predicted octanol–water partition coefficient (Wildman–Crippen LogP) is 5.33. The summed E-state index contributed by atoms with van der Waals surface area (Å²) in [6, 6.07) is 15.1. The largest absolute Gasteiger partial charge is 0.338 e. The zero-order valence-electron chi connectivity index (χ0n) is 15.5. The van der Waals surface area contributed by atoms with Crippen LogP contribution in [-0.4, -0.2) is 16.0 Å². The normalized spacial score (nSPS) is 16.4. The lowest BCUT2D eigenvalue weighted by atomic mass is 9.82. The second-order valence-electron chi connectivity index (χ2n) is 7.62. The second kappa shape index (κ2) is 8.05. The molecule has 0 spiro atoms. The van der Waals surface area contributed by atoms with Crippen molar-refractivity contribution in [3.63, 3.8) is 0 Å². The van der Waals surface area contributed by atoms with Crippen molar-refractivity contribution in [3.05, 3.63) is 66.1 Å². The van der Waals surface area contributed by atoms with Crippen LogP contribution in [0.1, 0.15) is 37.7 Å². The van der Waals surface area contributed by atoms with Crippen LogP contribution in [0.5, 0.6) is 0 Å². The van der Waals surface area contributed by atoms with Gasteiger partial charge in [-0.15, -0.1) is 0 Å². The number of aromatic amines is 1. The minimum atomic E-state index is -0.243. The van der Waals surface area contributed by atoms with Crippen LogP contribution in [0, 0.1) is 11.7 Å². The number of hydrogen-bond donors (Lipinski definition) is 2. The van der Waals surface area contributed by atoms with Crippen molar-refractivity contribution in [2.45, 2.75) is 44.6 Å². The number of nitrogens with zero attached hydrogens (tertiary/aromatic N) is 1. The second-order valence-corrected chi connectivity index (χ2v) is 7.62. The monoisotopic (exact) mass is 363 g/mol. The molecule has 1 heterocycles. The van der Waals surface area contributed by atoms with Crippen molar-refractivity contribution in [1.29, 1.82) is 0 Å². The Hall–Kier alpha value is -2.46. The highest BCUT2D eigenvalue weighted by atomic mass is 19.1. The maximum atomic E-state index is 13.1. The summed E-state index contributed by atoms with van der Waals surface area (Å²) in [7, 11) is 0. The molecule has 0 saturated heterocycles. The Labute approximate surface area is 159 Å². The minimum Gasteiger partial charge on any atom is -0.338 e. The molecule has 1 fully saturated rings. The predicted molar refractivity (Wildman–Crippen MR) is 108 cm³/mol. The van der Waals surface area contributed by atoms with Crippen LogP contribution in [0.25, 0.3) is 22.6 Å². The number of halogens is 1. The summed E-state index contributed by atoms with van der Waals surface area (Å²) in [5.74, 6) is 1.15. The van der Waals surface area contributed by atoms with Crippen LogP contribution < -0.4 is 5.73 Å². The van der Waals surface area contributed by atoms with E-state index in [4.69, 9.17) is 5.73 Å². The fourth-order valence-corrected chi connectivity index (χ4v) is 4.09. The van der Waals surface area contributed by atoms with Crippen LogP contribution in [0.2, 0.25) is 0 Å². The van der Waals surface area contributed by atoms with Gasteiger partial charge in [0.15, 0.2) is 0 Å². The standard InChI is InChI=1S/C23H26FN3/c24-20-11-9-18(10-12-20)23-26-15-22(27-23)19-8-4-5-16(13-19)14-21(25)17-6-2-1-3-7-17/h4-5,8-13,15,17,21H,1-3,6-7,14,25H2,(H,26,27). The van der Waals surface area contributed by atoms with Crippen LogP contribution >= 0.6 is 0 Å². The zero-order valence-corrected chi connectivity index (χ0v) is 15.5. The van der Waals surface area contributed by atoms with E-state index < -0.39 is 0 Å². The van der Waals surface area contributed by atoms with Crippen LogP contribution in [0.3, 0.4) is 0 Å². The number of benzene rings is 2. The van der Waals surface area contributed by atoms with E-state index in [0.29, 0.717) is 5.92 Å². The number of imidazole rings is 1. The van der Waals surface area contributed by atoms with Gasteiger partial charge >= 0.3 is 0 Å². The van der Waals surface area contributed by atoms with Gasteiger partial charge < -0.3 is 10.7 Å². The lowest BCUT2D eigenvalue weighted by molar-refractivity contribution is 0.303. The maximum Gasteiger partial charge on any atom is 0.137 e. The smallest absolute Gasteiger partial charge is 0.137 e. The SMILES string of the molecule is NC(Cc1cccc(-c2cnc(-c3ccc(F)cc3)[nH]2)c1)C1CCCCC1. The molecular weight excluding hydrogens is 337 g/mol. The summed E-state index contributed by atoms with van der Waals surface area (Å²) >= 11 is 0. The highest BCUT2D eigenvalue weighted by molar-refractivity contribution is 5.64. The van der Waals surface area contributed by atoms with Crippen molar-refractivity contribution in [2.75, 3.05) is 0 Å². The van der Waals surface area contributed by atoms with Crippen molar-refractivity contribution in [2.24, 2.45) is 11.7 Å². The van der Waals surface area contributed by atoms with Gasteiger partial charge in [0.05, 0.1) is 11.9 Å². The fraction of sp³-hybridized carbons (Fsp3) is 0.348. The molecule has 2 aromatic carbocycles. The topological polar surface area (TPSA) is 54.7 Å². The quantitative estimate of drug-likeness (QED) is 0.643. The molecule has 3 nitrogen and oxygen atoms in total. The molecule has 27 heavy (non-hydrogen) atoms. The molecule has 3 N–H and O–H groups in total. The third-order valence-electron chi connectivity index (χ3n) is 5.66. The van der Waals surface area contributed by atoms with E-state index in [0.717, 1.165) is 29.1 Å². The molecular formula is C23H26FN3. The number of H-pyrrole nitrogens is 1. The van der Waals surface area contributed by atoms with Gasteiger partial charge in [-0.1, -0.05) is 37.5 Å². The van der Waals surface area contributed by atoms with Gasteiger partial charge in [0.25, 0.3) is 0 Å². The lowest BCUT2D eigenvalue weighted by Crippen LogP contribution is -2.33. The number of rotatable bonds is 5. The first kappa shape index (κ1) is 17.9. The Morgan fingerprint density at radius 1 is 1.04 bits per heavy atom. The molecule has 1 atom stereocenters. The highest BCUT2D eigenvalue weighted by Gasteiger charge is 2.20. The van der Waals surface area contributed by atoms with E-state index in [1.165, 1.54) is 49.8 Å². The van der Waals surface area contributed by atoms with Gasteiger partial charge in [0.1, 0.15) is 11.6 Å². The van der Waals surface area contributed by atoms with Gasteiger partial charge in [-0.2, -0.15) is 0 Å². The lowest BCUT2D eigenvalue weighted by Gasteiger charge is -2.27. The fourth-order valence-electron chi connectivity index (χ4n) is 4.09. The first-order valence-corrected chi connectivity index (χ1v) is 9.85. The van der Waals surface area contributed by atoms with E-state index in [-0.39, 0.29) is 11.9 Å². The average molecular weight is 363 g/mol. The third-order valence-corrected chi connectivity index (χ3v) is 5.66. The van der Waals surface area contributed by atoms with E-state index in [1.54, 1.807) is 12.1 Å². The Balaban J connectivity index is 1.50. The Morgan fingerprint density at radius 3 is 2.59 bits per heavy atom. The molecule has 1 unspecified atom stereocenters. The molecule has 1 saturated carbocycles. The molecule has 0 radical (unpaired) electrons. The summed E-state index contributed by atoms with van der Waals surface area (Å²) < 4.78 is 13.1. The molecule has 1 aliphatic carbocycles. The number of aromatic nitrogens is 2. The number of hydrogen-bond acceptors (Lipinski definition) is 2. The molecule has 0 amide bonds. The Morgan fingerprint density at radius 2 is 1.81 bits per heavy atom. The van der Waals surface area contributed by atoms with Gasteiger partial charge in [-0.3, -0.25) is 0 Å². The van der Waals surface area contributed by atoms with Gasteiger partial charge in [0.2, 0.25) is 0 Å². The van der Waals surface area contributed by atoms with Crippen LogP contribution in [-0.2, 0) is 6.42 Å². The molecule has 0 aliphatic heterocycles. The minimum absolute atomic E-state index is 0.233. The van der Waals surface area contributed by atoms with Gasteiger partial charge in [-0.25, -0.2) is 9.37 Å². The molecule has 1 aromatic heterocycles. The van der Waals surface area contributed by atoms with Crippen molar-refractivity contribution < 1.29 is 4.39 Å². The Bertz CT molecular complexity index is 879. The average Bonchev–Trinajstić information content (AvgIpc) is 3.20. The first-order valence-electron chi connectivity index (χ1n) is 9.85. The van der Waals surface area contributed by atoms with Crippen molar-refractivity contribution in [1.82, 2.24) is 9.97 Å². The zero-order chi connectivity index (χ0) is 18.6. The van der Waals surface area contributed by atoms with Gasteiger partial charge in [0, 0.05) is 11.6 Å². The summed E-state index contributed by atoms with van der Waals surface area (Å²) in [4.78, 5) is 7.80. The molecule has 3 aromatic rings. The highest BCUT2D eigenvalue weighted by Crippen LogP contribution is 2.28. The molecule has 4 rings (SSSR count). The van der Waals surface area contributed by atoms with Crippen molar-refractivity contribution in [3.8, 4) is 22.6 Å². The van der Waals surface area contributed by atoms with Crippen molar-refractivity contribution >= 4 is 0 Å².